The summed E-state index contributed by atoms with van der Waals surface area (Å²) >= 11 is 1.65. The van der Waals surface area contributed by atoms with Crippen LogP contribution in [0.15, 0.2) is 52.4 Å². The lowest BCUT2D eigenvalue weighted by Crippen LogP contribution is -1.93. The molecule has 0 atom stereocenters. The van der Waals surface area contributed by atoms with Crippen molar-refractivity contribution >= 4 is 28.2 Å². The molecular weight excluding hydrogens is 254 g/mol. The second-order valence-corrected chi connectivity index (χ2v) is 5.60. The summed E-state index contributed by atoms with van der Waals surface area (Å²) in [4.78, 5) is 1.17. The second kappa shape index (κ2) is 4.63. The van der Waals surface area contributed by atoms with E-state index in [1.807, 2.05) is 18.7 Å². The quantitative estimate of drug-likeness (QED) is 0.773. The smallest absolute Gasteiger partial charge is 0.122 e. The third kappa shape index (κ3) is 2.19. The normalized spacial score (nSPS) is 11.1. The van der Waals surface area contributed by atoms with E-state index in [1.54, 1.807) is 11.8 Å². The van der Waals surface area contributed by atoms with Gasteiger partial charge in [-0.15, -0.1) is 0 Å². The molecule has 2 N–H and O–H groups in total. The van der Waals surface area contributed by atoms with Gasteiger partial charge in [0.25, 0.3) is 0 Å². The van der Waals surface area contributed by atoms with E-state index >= 15 is 0 Å². The van der Waals surface area contributed by atoms with Gasteiger partial charge in [-0.25, -0.2) is 0 Å². The summed E-state index contributed by atoms with van der Waals surface area (Å²) in [5.74, 6) is 0. The van der Waals surface area contributed by atoms with Crippen LogP contribution in [0.25, 0.3) is 10.8 Å². The van der Waals surface area contributed by atoms with Crippen LogP contribution in [0.4, 0.5) is 5.69 Å². The standard InChI is InChI=1S/C15H15N3S/c1-10-14(16)15(18(2)17-10)19-13-8-7-11-5-3-4-6-12(11)9-13/h3-9H,16H2,1-2H3. The van der Waals surface area contributed by atoms with Gasteiger partial charge in [-0.2, -0.15) is 5.10 Å². The number of anilines is 1. The van der Waals surface area contributed by atoms with Gasteiger partial charge in [0.05, 0.1) is 11.4 Å². The first kappa shape index (κ1) is 12.1. The summed E-state index contributed by atoms with van der Waals surface area (Å²) in [6.45, 7) is 1.93. The fourth-order valence-electron chi connectivity index (χ4n) is 2.12. The molecule has 0 aliphatic rings. The van der Waals surface area contributed by atoms with Crippen LogP contribution in [0.1, 0.15) is 5.69 Å². The average Bonchev–Trinajstić information content (AvgIpc) is 2.65. The molecule has 2 aromatic carbocycles. The molecule has 0 aliphatic heterocycles. The minimum absolute atomic E-state index is 0.764. The molecule has 0 unspecified atom stereocenters. The number of rotatable bonds is 2. The Labute approximate surface area is 116 Å². The SMILES string of the molecule is Cc1nn(C)c(Sc2ccc3ccccc3c2)c1N. The zero-order chi connectivity index (χ0) is 13.4. The zero-order valence-electron chi connectivity index (χ0n) is 10.9. The second-order valence-electron chi connectivity index (χ2n) is 4.54. The molecule has 0 radical (unpaired) electrons. The van der Waals surface area contributed by atoms with Crippen LogP contribution in [-0.2, 0) is 7.05 Å². The Morgan fingerprint density at radius 3 is 2.53 bits per heavy atom. The minimum Gasteiger partial charge on any atom is -0.395 e. The lowest BCUT2D eigenvalue weighted by Gasteiger charge is -2.05. The number of nitrogens with zero attached hydrogens (tertiary/aromatic N) is 2. The molecule has 0 amide bonds. The molecule has 1 heterocycles. The highest BCUT2D eigenvalue weighted by Gasteiger charge is 2.11. The molecule has 19 heavy (non-hydrogen) atoms. The Kier molecular flexibility index (Phi) is 2.95. The van der Waals surface area contributed by atoms with Crippen molar-refractivity contribution in [3.05, 3.63) is 48.2 Å². The Morgan fingerprint density at radius 2 is 1.84 bits per heavy atom. The minimum atomic E-state index is 0.764. The Balaban J connectivity index is 2.01. The van der Waals surface area contributed by atoms with Crippen LogP contribution in [-0.4, -0.2) is 9.78 Å². The van der Waals surface area contributed by atoms with E-state index in [-0.39, 0.29) is 0 Å². The molecule has 96 valence electrons. The van der Waals surface area contributed by atoms with Crippen molar-refractivity contribution in [2.45, 2.75) is 16.8 Å². The first-order valence-electron chi connectivity index (χ1n) is 6.11. The topological polar surface area (TPSA) is 43.8 Å². The summed E-state index contributed by atoms with van der Waals surface area (Å²) in [5.41, 5.74) is 7.70. The fraction of sp³-hybridized carbons (Fsp3) is 0.133. The van der Waals surface area contributed by atoms with Crippen molar-refractivity contribution in [3.63, 3.8) is 0 Å². The maximum Gasteiger partial charge on any atom is 0.122 e. The highest BCUT2D eigenvalue weighted by molar-refractivity contribution is 7.99. The molecule has 3 aromatic rings. The summed E-state index contributed by atoms with van der Waals surface area (Å²) < 4.78 is 1.84. The molecule has 4 heteroatoms. The molecule has 0 fully saturated rings. The number of aromatic nitrogens is 2. The van der Waals surface area contributed by atoms with Gasteiger partial charge in [0, 0.05) is 11.9 Å². The van der Waals surface area contributed by atoms with E-state index < -0.39 is 0 Å². The van der Waals surface area contributed by atoms with Crippen LogP contribution >= 0.6 is 11.8 Å². The predicted molar refractivity (Wildman–Crippen MR) is 80.4 cm³/mol. The number of hydrogen-bond donors (Lipinski definition) is 1. The van der Waals surface area contributed by atoms with Gasteiger partial charge >= 0.3 is 0 Å². The molecule has 0 saturated carbocycles. The van der Waals surface area contributed by atoms with E-state index in [4.69, 9.17) is 5.73 Å². The van der Waals surface area contributed by atoms with E-state index in [2.05, 4.69) is 47.6 Å². The molecule has 3 nitrogen and oxygen atoms in total. The highest BCUT2D eigenvalue weighted by atomic mass is 32.2. The van der Waals surface area contributed by atoms with Crippen LogP contribution in [0.2, 0.25) is 0 Å². The van der Waals surface area contributed by atoms with Gasteiger partial charge in [0.2, 0.25) is 0 Å². The number of aryl methyl sites for hydroxylation is 2. The predicted octanol–water partition coefficient (Wildman–Crippen LogP) is 3.62. The third-order valence-electron chi connectivity index (χ3n) is 3.15. The van der Waals surface area contributed by atoms with Gasteiger partial charge in [-0.05, 0) is 29.8 Å². The molecule has 0 aliphatic carbocycles. The summed E-state index contributed by atoms with van der Waals surface area (Å²) in [5, 5.41) is 7.82. The van der Waals surface area contributed by atoms with Crippen molar-refractivity contribution in [2.24, 2.45) is 7.05 Å². The fourth-order valence-corrected chi connectivity index (χ4v) is 3.09. The molecule has 3 rings (SSSR count). The lowest BCUT2D eigenvalue weighted by atomic mass is 10.1. The van der Waals surface area contributed by atoms with E-state index in [0.717, 1.165) is 16.4 Å². The van der Waals surface area contributed by atoms with Crippen LogP contribution in [0.3, 0.4) is 0 Å². The van der Waals surface area contributed by atoms with E-state index in [0.29, 0.717) is 0 Å². The number of benzene rings is 2. The Hall–Kier alpha value is -1.94. The van der Waals surface area contributed by atoms with Crippen LogP contribution < -0.4 is 5.73 Å². The van der Waals surface area contributed by atoms with Gasteiger partial charge in [0.15, 0.2) is 0 Å². The number of nitrogens with two attached hydrogens (primary N) is 1. The first-order chi connectivity index (χ1) is 9.15. The lowest BCUT2D eigenvalue weighted by molar-refractivity contribution is 0.693. The van der Waals surface area contributed by atoms with E-state index in [9.17, 15) is 0 Å². The van der Waals surface area contributed by atoms with Crippen molar-refractivity contribution in [2.75, 3.05) is 5.73 Å². The summed E-state index contributed by atoms with van der Waals surface area (Å²) in [7, 11) is 1.92. The van der Waals surface area contributed by atoms with Crippen LogP contribution in [0.5, 0.6) is 0 Å². The molecular formula is C15H15N3S. The van der Waals surface area contributed by atoms with Crippen molar-refractivity contribution in [3.8, 4) is 0 Å². The van der Waals surface area contributed by atoms with E-state index in [1.165, 1.54) is 15.7 Å². The average molecular weight is 269 g/mol. The highest BCUT2D eigenvalue weighted by Crippen LogP contribution is 2.34. The van der Waals surface area contributed by atoms with Crippen molar-refractivity contribution in [1.29, 1.82) is 0 Å². The monoisotopic (exact) mass is 269 g/mol. The molecule has 0 bridgehead atoms. The Morgan fingerprint density at radius 1 is 1.11 bits per heavy atom. The molecule has 1 aromatic heterocycles. The third-order valence-corrected chi connectivity index (χ3v) is 4.32. The van der Waals surface area contributed by atoms with Crippen LogP contribution in [0, 0.1) is 6.92 Å². The Bertz CT molecular complexity index is 746. The molecule has 0 spiro atoms. The summed E-state index contributed by atoms with van der Waals surface area (Å²) in [6, 6.07) is 14.8. The first-order valence-corrected chi connectivity index (χ1v) is 6.92. The van der Waals surface area contributed by atoms with Gasteiger partial charge < -0.3 is 5.73 Å². The van der Waals surface area contributed by atoms with Gasteiger partial charge in [-0.1, -0.05) is 42.1 Å². The number of nitrogen functional groups attached to an aromatic ring is 1. The maximum absolute atomic E-state index is 6.06. The molecule has 0 saturated heterocycles. The summed E-state index contributed by atoms with van der Waals surface area (Å²) in [6.07, 6.45) is 0. The van der Waals surface area contributed by atoms with Gasteiger partial charge in [-0.3, -0.25) is 4.68 Å². The number of hydrogen-bond acceptors (Lipinski definition) is 3. The zero-order valence-corrected chi connectivity index (χ0v) is 11.7. The van der Waals surface area contributed by atoms with Crippen molar-refractivity contribution < 1.29 is 0 Å². The van der Waals surface area contributed by atoms with Crippen molar-refractivity contribution in [1.82, 2.24) is 9.78 Å². The largest absolute Gasteiger partial charge is 0.395 e. The van der Waals surface area contributed by atoms with Gasteiger partial charge in [0.1, 0.15) is 5.03 Å². The number of fused-ring (bicyclic) bond motifs is 1. The maximum atomic E-state index is 6.06.